The monoisotopic (exact) mass is 477 g/mol. The van der Waals surface area contributed by atoms with Crippen molar-refractivity contribution in [2.75, 3.05) is 44.8 Å². The summed E-state index contributed by atoms with van der Waals surface area (Å²) < 4.78 is 43.6. The number of nitrogens with zero attached hydrogens (tertiary/aromatic N) is 2. The fraction of sp³-hybridized carbons (Fsp3) is 0.455. The van der Waals surface area contributed by atoms with Crippen LogP contribution in [0.25, 0.3) is 0 Å². The van der Waals surface area contributed by atoms with E-state index in [4.69, 9.17) is 13.9 Å². The molecule has 0 aliphatic carbocycles. The topological polar surface area (TPSA) is 118 Å². The van der Waals surface area contributed by atoms with Crippen LogP contribution in [0.15, 0.2) is 45.9 Å². The molecule has 1 unspecified atom stereocenters. The fourth-order valence-corrected chi connectivity index (χ4v) is 5.35. The van der Waals surface area contributed by atoms with Gasteiger partial charge < -0.3 is 24.1 Å². The zero-order valence-corrected chi connectivity index (χ0v) is 19.2. The number of rotatable bonds is 8. The second-order valence-corrected chi connectivity index (χ2v) is 9.79. The van der Waals surface area contributed by atoms with Crippen molar-refractivity contribution in [3.63, 3.8) is 0 Å². The largest absolute Gasteiger partial charge is 0.492 e. The average Bonchev–Trinajstić information content (AvgIpc) is 3.46. The fourth-order valence-electron chi connectivity index (χ4n) is 3.91. The minimum Gasteiger partial charge on any atom is -0.492 e. The number of anilines is 1. The molecule has 2 saturated heterocycles. The van der Waals surface area contributed by atoms with E-state index in [9.17, 15) is 18.0 Å². The molecule has 1 N–H and O–H groups in total. The van der Waals surface area contributed by atoms with E-state index in [1.807, 2.05) is 0 Å². The molecule has 33 heavy (non-hydrogen) atoms. The predicted molar refractivity (Wildman–Crippen MR) is 118 cm³/mol. The van der Waals surface area contributed by atoms with Gasteiger partial charge in [0, 0.05) is 26.1 Å². The van der Waals surface area contributed by atoms with Crippen molar-refractivity contribution >= 4 is 27.5 Å². The summed E-state index contributed by atoms with van der Waals surface area (Å²) in [6, 6.07) is 7.93. The van der Waals surface area contributed by atoms with Crippen LogP contribution in [0, 0.1) is 5.92 Å². The Kier molecular flexibility index (Phi) is 7.01. The lowest BCUT2D eigenvalue weighted by Crippen LogP contribution is -2.40. The summed E-state index contributed by atoms with van der Waals surface area (Å²) in [4.78, 5) is 27.0. The zero-order chi connectivity index (χ0) is 23.4. The van der Waals surface area contributed by atoms with Crippen molar-refractivity contribution in [1.82, 2.24) is 9.21 Å². The smallest absolute Gasteiger partial charge is 0.243 e. The normalized spacial score (nSPS) is 19.6. The number of sulfonamides is 1. The van der Waals surface area contributed by atoms with Crippen molar-refractivity contribution < 1.29 is 31.9 Å². The summed E-state index contributed by atoms with van der Waals surface area (Å²) in [5.41, 5.74) is 0.258. The van der Waals surface area contributed by atoms with Crippen LogP contribution in [0.1, 0.15) is 19.1 Å². The first-order valence-electron chi connectivity index (χ1n) is 10.8. The highest BCUT2D eigenvalue weighted by molar-refractivity contribution is 7.89. The van der Waals surface area contributed by atoms with Gasteiger partial charge in [-0.2, -0.15) is 4.31 Å². The molecule has 1 aromatic heterocycles. The molecule has 11 heteroatoms. The first-order chi connectivity index (χ1) is 15.9. The first-order valence-corrected chi connectivity index (χ1v) is 12.3. The summed E-state index contributed by atoms with van der Waals surface area (Å²) in [5, 5.41) is 2.78. The Balaban J connectivity index is 1.50. The number of carbonyl (C=O) groups is 2. The van der Waals surface area contributed by atoms with Crippen LogP contribution < -0.4 is 10.1 Å². The van der Waals surface area contributed by atoms with E-state index in [1.165, 1.54) is 28.8 Å². The lowest BCUT2D eigenvalue weighted by atomic mass is 10.1. The Morgan fingerprint density at radius 3 is 2.73 bits per heavy atom. The minimum atomic E-state index is -3.74. The number of furan rings is 1. The number of hydrogen-bond acceptors (Lipinski definition) is 7. The summed E-state index contributed by atoms with van der Waals surface area (Å²) in [6.45, 7) is 3.91. The molecule has 2 fully saturated rings. The maximum atomic E-state index is 13.0. The Bertz CT molecular complexity index is 1100. The lowest BCUT2D eigenvalue weighted by molar-refractivity contribution is -0.128. The molecular formula is C22H27N3O7S. The van der Waals surface area contributed by atoms with Crippen molar-refractivity contribution in [3.8, 4) is 5.75 Å². The van der Waals surface area contributed by atoms with E-state index in [2.05, 4.69) is 5.32 Å². The highest BCUT2D eigenvalue weighted by Gasteiger charge is 2.35. The number of ether oxygens (including phenoxy) is 2. The molecule has 178 valence electrons. The number of hydrogen-bond donors (Lipinski definition) is 1. The third kappa shape index (κ3) is 5.21. The molecule has 4 rings (SSSR count). The van der Waals surface area contributed by atoms with E-state index in [1.54, 1.807) is 24.0 Å². The second-order valence-electron chi connectivity index (χ2n) is 7.85. The van der Waals surface area contributed by atoms with Gasteiger partial charge in [0.15, 0.2) is 0 Å². The van der Waals surface area contributed by atoms with Gasteiger partial charge in [0.25, 0.3) is 0 Å². The molecule has 1 aromatic carbocycles. The molecule has 0 spiro atoms. The van der Waals surface area contributed by atoms with Crippen LogP contribution in [-0.4, -0.2) is 68.9 Å². The standard InChI is InChI=1S/C22H27N3O7S/c1-2-31-20-6-5-18(33(28,29)25-7-10-30-11-8-25)13-19(20)23-22(27)16-12-21(26)24(14-16)15-17-4-3-9-32-17/h3-6,9,13,16H,2,7-8,10-12,14-15H2,1H3,(H,23,27). The van der Waals surface area contributed by atoms with Gasteiger partial charge in [-0.05, 0) is 37.3 Å². The molecule has 0 saturated carbocycles. The van der Waals surface area contributed by atoms with E-state index in [-0.39, 0.29) is 48.5 Å². The number of amides is 2. The molecule has 0 bridgehead atoms. The Labute approximate surface area is 192 Å². The van der Waals surface area contributed by atoms with Gasteiger partial charge >= 0.3 is 0 Å². The van der Waals surface area contributed by atoms with Crippen LogP contribution >= 0.6 is 0 Å². The van der Waals surface area contributed by atoms with Crippen molar-refractivity contribution in [2.24, 2.45) is 5.92 Å². The molecule has 1 atom stereocenters. The van der Waals surface area contributed by atoms with Crippen LogP contribution in [0.4, 0.5) is 5.69 Å². The summed E-state index contributed by atoms with van der Waals surface area (Å²) >= 11 is 0. The van der Waals surface area contributed by atoms with Gasteiger partial charge in [0.1, 0.15) is 11.5 Å². The van der Waals surface area contributed by atoms with Gasteiger partial charge in [0.05, 0.1) is 49.1 Å². The van der Waals surface area contributed by atoms with Crippen LogP contribution in [-0.2, 0) is 30.9 Å². The highest BCUT2D eigenvalue weighted by atomic mass is 32.2. The van der Waals surface area contributed by atoms with E-state index >= 15 is 0 Å². The minimum absolute atomic E-state index is 0.0603. The van der Waals surface area contributed by atoms with E-state index in [0.29, 0.717) is 37.9 Å². The first kappa shape index (κ1) is 23.3. The lowest BCUT2D eigenvalue weighted by Gasteiger charge is -2.26. The molecule has 2 amide bonds. The molecule has 10 nitrogen and oxygen atoms in total. The SMILES string of the molecule is CCOc1ccc(S(=O)(=O)N2CCOCC2)cc1NC(=O)C1CC(=O)N(Cc2ccco2)C1. The van der Waals surface area contributed by atoms with Crippen LogP contribution in [0.2, 0.25) is 0 Å². The van der Waals surface area contributed by atoms with Crippen molar-refractivity contribution in [2.45, 2.75) is 24.8 Å². The van der Waals surface area contributed by atoms with Crippen LogP contribution in [0.5, 0.6) is 5.75 Å². The van der Waals surface area contributed by atoms with E-state index in [0.717, 1.165) is 0 Å². The van der Waals surface area contributed by atoms with Gasteiger partial charge in [0.2, 0.25) is 21.8 Å². The Morgan fingerprint density at radius 2 is 2.03 bits per heavy atom. The number of carbonyl (C=O) groups excluding carboxylic acids is 2. The third-order valence-corrected chi connectivity index (χ3v) is 7.52. The third-order valence-electron chi connectivity index (χ3n) is 5.63. The second kappa shape index (κ2) is 9.94. The van der Waals surface area contributed by atoms with Gasteiger partial charge in [-0.25, -0.2) is 8.42 Å². The molecular weight excluding hydrogens is 450 g/mol. The average molecular weight is 478 g/mol. The molecule has 2 aliphatic heterocycles. The molecule has 2 aromatic rings. The molecule has 0 radical (unpaired) electrons. The predicted octanol–water partition coefficient (Wildman–Crippen LogP) is 1.69. The Morgan fingerprint density at radius 1 is 1.24 bits per heavy atom. The van der Waals surface area contributed by atoms with Crippen molar-refractivity contribution in [1.29, 1.82) is 0 Å². The quantitative estimate of drug-likeness (QED) is 0.615. The maximum Gasteiger partial charge on any atom is 0.243 e. The Hall–Kier alpha value is -2.89. The van der Waals surface area contributed by atoms with E-state index < -0.39 is 15.9 Å². The molecule has 3 heterocycles. The number of benzene rings is 1. The van der Waals surface area contributed by atoms with Gasteiger partial charge in [-0.1, -0.05) is 0 Å². The number of morpholine rings is 1. The highest BCUT2D eigenvalue weighted by Crippen LogP contribution is 2.31. The molecule has 2 aliphatic rings. The summed E-state index contributed by atoms with van der Waals surface area (Å²) in [6.07, 6.45) is 1.61. The zero-order valence-electron chi connectivity index (χ0n) is 18.4. The maximum absolute atomic E-state index is 13.0. The van der Waals surface area contributed by atoms with Gasteiger partial charge in [-0.3, -0.25) is 9.59 Å². The summed E-state index contributed by atoms with van der Waals surface area (Å²) in [7, 11) is -3.74. The van der Waals surface area contributed by atoms with Crippen LogP contribution in [0.3, 0.4) is 0 Å². The summed E-state index contributed by atoms with van der Waals surface area (Å²) in [5.74, 6) is -0.0681. The van der Waals surface area contributed by atoms with Gasteiger partial charge in [-0.15, -0.1) is 0 Å². The number of nitrogens with one attached hydrogen (secondary N) is 1. The number of likely N-dealkylation sites (tertiary alicyclic amines) is 1. The van der Waals surface area contributed by atoms with Crippen molar-refractivity contribution in [3.05, 3.63) is 42.4 Å².